The molecule has 0 spiro atoms. The molecule has 0 aliphatic rings. The van der Waals surface area contributed by atoms with Gasteiger partial charge in [0, 0.05) is 11.4 Å². The molecule has 1 aromatic carbocycles. The predicted octanol–water partition coefficient (Wildman–Crippen LogP) is 3.23. The average Bonchev–Trinajstić information content (AvgIpc) is 2.37. The van der Waals surface area contributed by atoms with Crippen molar-refractivity contribution in [2.45, 2.75) is 13.8 Å². The zero-order valence-corrected chi connectivity index (χ0v) is 11.1. The Balaban J connectivity index is 2.68. The lowest BCUT2D eigenvalue weighted by Crippen LogP contribution is -1.95. The molecule has 4 heteroatoms. The van der Waals surface area contributed by atoms with E-state index in [0.717, 1.165) is 22.5 Å². The van der Waals surface area contributed by atoms with Crippen molar-refractivity contribution in [1.82, 2.24) is 4.98 Å². The van der Waals surface area contributed by atoms with Gasteiger partial charge in [0.2, 0.25) is 0 Å². The monoisotopic (exact) mass is 254 g/mol. The highest BCUT2D eigenvalue weighted by molar-refractivity contribution is 5.77. The minimum Gasteiger partial charge on any atom is -0.496 e. The van der Waals surface area contributed by atoms with Gasteiger partial charge >= 0.3 is 0 Å². The molecule has 4 nitrogen and oxygen atoms in total. The number of rotatable bonds is 3. The zero-order chi connectivity index (χ0) is 13.8. The summed E-state index contributed by atoms with van der Waals surface area (Å²) in [6, 6.07) is 9.25. The van der Waals surface area contributed by atoms with Crippen LogP contribution in [0.1, 0.15) is 11.4 Å². The van der Waals surface area contributed by atoms with Crippen molar-refractivity contribution in [2.75, 3.05) is 7.11 Å². The third kappa shape index (κ3) is 2.66. The molecular weight excluding hydrogens is 240 g/mol. The van der Waals surface area contributed by atoms with E-state index in [1.54, 1.807) is 25.5 Å². The van der Waals surface area contributed by atoms with Crippen molar-refractivity contribution < 1.29 is 9.47 Å². The van der Waals surface area contributed by atoms with Crippen LogP contribution >= 0.6 is 0 Å². The predicted molar refractivity (Wildman–Crippen MR) is 71.9 cm³/mol. The molecule has 2 rings (SSSR count). The normalized spacial score (nSPS) is 9.79. The van der Waals surface area contributed by atoms with Crippen LogP contribution in [-0.4, -0.2) is 12.1 Å². The van der Waals surface area contributed by atoms with Crippen LogP contribution in [0, 0.1) is 25.4 Å². The molecule has 0 saturated heterocycles. The maximum Gasteiger partial charge on any atom is 0.292 e. The van der Waals surface area contributed by atoms with Gasteiger partial charge in [-0.3, -0.25) is 4.98 Å². The Hall–Kier alpha value is -2.54. The number of methoxy groups -OCH3 is 1. The lowest BCUT2D eigenvalue weighted by molar-refractivity contribution is 0.412. The van der Waals surface area contributed by atoms with Gasteiger partial charge in [-0.05, 0) is 43.7 Å². The van der Waals surface area contributed by atoms with Crippen LogP contribution < -0.4 is 9.47 Å². The summed E-state index contributed by atoms with van der Waals surface area (Å²) in [4.78, 5) is 4.34. The molecule has 0 unspecified atom stereocenters. The molecule has 0 fully saturated rings. The summed E-state index contributed by atoms with van der Waals surface area (Å²) in [7, 11) is 1.59. The maximum absolute atomic E-state index is 8.74. The highest BCUT2D eigenvalue weighted by Gasteiger charge is 2.14. The van der Waals surface area contributed by atoms with Crippen molar-refractivity contribution in [3.05, 3.63) is 41.7 Å². The third-order valence-corrected chi connectivity index (χ3v) is 2.73. The Bertz CT molecular complexity index is 625. The summed E-state index contributed by atoms with van der Waals surface area (Å²) in [6.07, 6.45) is 1.70. The number of nitrogens with zero attached hydrogens (tertiary/aromatic N) is 2. The molecule has 0 N–H and O–H groups in total. The van der Waals surface area contributed by atoms with Crippen molar-refractivity contribution in [3.63, 3.8) is 0 Å². The molecule has 0 aliphatic heterocycles. The minimum absolute atomic E-state index is 0.479. The van der Waals surface area contributed by atoms with E-state index in [1.807, 2.05) is 32.0 Å². The van der Waals surface area contributed by atoms with Crippen molar-refractivity contribution in [2.24, 2.45) is 0 Å². The van der Waals surface area contributed by atoms with Crippen LogP contribution in [0.4, 0.5) is 0 Å². The molecule has 1 heterocycles. The van der Waals surface area contributed by atoms with Crippen molar-refractivity contribution >= 4 is 0 Å². The van der Waals surface area contributed by atoms with E-state index in [4.69, 9.17) is 14.7 Å². The number of hydrogen-bond acceptors (Lipinski definition) is 4. The zero-order valence-electron chi connectivity index (χ0n) is 11.1. The first-order chi connectivity index (χ1) is 9.15. The first kappa shape index (κ1) is 12.9. The fraction of sp³-hybridized carbons (Fsp3) is 0.200. The summed E-state index contributed by atoms with van der Waals surface area (Å²) in [5.74, 6) is 1.14. The lowest BCUT2D eigenvalue weighted by Gasteiger charge is -2.12. The van der Waals surface area contributed by atoms with E-state index in [9.17, 15) is 0 Å². The maximum atomic E-state index is 8.74. The summed E-state index contributed by atoms with van der Waals surface area (Å²) in [5.41, 5.74) is 3.50. The van der Waals surface area contributed by atoms with Gasteiger partial charge in [-0.1, -0.05) is 6.07 Å². The first-order valence-corrected chi connectivity index (χ1v) is 5.84. The smallest absolute Gasteiger partial charge is 0.292 e. The van der Waals surface area contributed by atoms with Crippen LogP contribution in [0.2, 0.25) is 0 Å². The summed E-state index contributed by atoms with van der Waals surface area (Å²) < 4.78 is 10.4. The van der Waals surface area contributed by atoms with Gasteiger partial charge in [0.25, 0.3) is 6.26 Å². The van der Waals surface area contributed by atoms with Gasteiger partial charge in [0.15, 0.2) is 5.75 Å². The third-order valence-electron chi connectivity index (χ3n) is 2.73. The Morgan fingerprint density at radius 3 is 2.32 bits per heavy atom. The van der Waals surface area contributed by atoms with Crippen LogP contribution in [0.15, 0.2) is 30.3 Å². The van der Waals surface area contributed by atoms with E-state index in [0.29, 0.717) is 11.5 Å². The van der Waals surface area contributed by atoms with Crippen molar-refractivity contribution in [1.29, 1.82) is 5.26 Å². The number of nitriles is 1. The molecule has 19 heavy (non-hydrogen) atoms. The summed E-state index contributed by atoms with van der Waals surface area (Å²) >= 11 is 0. The second-order valence-electron chi connectivity index (χ2n) is 4.17. The Kier molecular flexibility index (Phi) is 3.67. The van der Waals surface area contributed by atoms with Crippen LogP contribution in [0.25, 0.3) is 11.1 Å². The molecule has 0 bridgehead atoms. The second kappa shape index (κ2) is 5.40. The molecule has 0 radical (unpaired) electrons. The van der Waals surface area contributed by atoms with Gasteiger partial charge in [-0.25, -0.2) is 0 Å². The topological polar surface area (TPSA) is 55.1 Å². The van der Waals surface area contributed by atoms with E-state index in [2.05, 4.69) is 4.98 Å². The van der Waals surface area contributed by atoms with E-state index in [1.165, 1.54) is 0 Å². The molecule has 96 valence electrons. The standard InChI is InChI=1S/C15H14N2O2/c1-10-7-12(8-11(2)17-10)15-13(18-3)5-4-6-14(15)19-9-16/h4-8H,1-3H3. The van der Waals surface area contributed by atoms with Gasteiger partial charge < -0.3 is 9.47 Å². The Morgan fingerprint density at radius 2 is 1.74 bits per heavy atom. The van der Waals surface area contributed by atoms with Crippen molar-refractivity contribution in [3.8, 4) is 28.9 Å². The van der Waals surface area contributed by atoms with Crippen LogP contribution in [0.3, 0.4) is 0 Å². The fourth-order valence-corrected chi connectivity index (χ4v) is 2.08. The minimum atomic E-state index is 0.479. The van der Waals surface area contributed by atoms with E-state index < -0.39 is 0 Å². The number of aromatic nitrogens is 1. The molecule has 1 aromatic heterocycles. The molecule has 0 aliphatic carbocycles. The second-order valence-corrected chi connectivity index (χ2v) is 4.17. The quantitative estimate of drug-likeness (QED) is 0.789. The largest absolute Gasteiger partial charge is 0.496 e. The highest BCUT2D eigenvalue weighted by Crippen LogP contribution is 2.38. The lowest BCUT2D eigenvalue weighted by atomic mass is 10.0. The number of pyridine rings is 1. The van der Waals surface area contributed by atoms with Gasteiger partial charge in [0.05, 0.1) is 12.7 Å². The van der Waals surface area contributed by atoms with Crippen LogP contribution in [0.5, 0.6) is 11.5 Å². The molecular formula is C15H14N2O2. The molecule has 0 atom stereocenters. The Morgan fingerprint density at radius 1 is 1.11 bits per heavy atom. The first-order valence-electron chi connectivity index (χ1n) is 5.84. The van der Waals surface area contributed by atoms with Gasteiger partial charge in [-0.2, -0.15) is 0 Å². The molecule has 2 aromatic rings. The SMILES string of the molecule is COc1cccc(OC#N)c1-c1cc(C)nc(C)c1. The highest BCUT2D eigenvalue weighted by atomic mass is 16.5. The molecule has 0 saturated carbocycles. The fourth-order valence-electron chi connectivity index (χ4n) is 2.08. The van der Waals surface area contributed by atoms with Crippen LogP contribution in [-0.2, 0) is 0 Å². The van der Waals surface area contributed by atoms with E-state index >= 15 is 0 Å². The van der Waals surface area contributed by atoms with Gasteiger partial charge in [-0.15, -0.1) is 5.26 Å². The van der Waals surface area contributed by atoms with Gasteiger partial charge in [0.1, 0.15) is 5.75 Å². The summed E-state index contributed by atoms with van der Waals surface area (Å²) in [5, 5.41) is 8.74. The number of aryl methyl sites for hydroxylation is 2. The number of benzene rings is 1. The Labute approximate surface area is 112 Å². The average molecular weight is 254 g/mol. The summed E-state index contributed by atoms with van der Waals surface area (Å²) in [6.45, 7) is 3.85. The van der Waals surface area contributed by atoms with E-state index in [-0.39, 0.29) is 0 Å². The number of ether oxygens (including phenoxy) is 2. The number of hydrogen-bond donors (Lipinski definition) is 0. The molecule has 0 amide bonds.